The summed E-state index contributed by atoms with van der Waals surface area (Å²) in [6.07, 6.45) is -3.97. The summed E-state index contributed by atoms with van der Waals surface area (Å²) >= 11 is 1.65. The van der Waals surface area contributed by atoms with Gasteiger partial charge in [0, 0.05) is 15.2 Å². The zero-order valence-electron chi connectivity index (χ0n) is 11.9. The lowest BCUT2D eigenvalue weighted by atomic mass is 9.76. The first-order chi connectivity index (χ1) is 8.92. The molecule has 5 heteroatoms. The number of benzene rings is 1. The predicted octanol–water partition coefficient (Wildman–Crippen LogP) is 4.98. The average molecular weight is 302 g/mol. The molecule has 110 valence electrons. The molecule has 0 radical (unpaired) electrons. The van der Waals surface area contributed by atoms with Crippen molar-refractivity contribution >= 4 is 17.5 Å². The molecule has 1 aromatic carbocycles. The molecule has 0 bridgehead atoms. The quantitative estimate of drug-likeness (QED) is 0.680. The number of fused-ring (bicyclic) bond motifs is 1. The largest absolute Gasteiger partial charge is 0.454 e. The molecular formula is C15H17F3OS. The van der Waals surface area contributed by atoms with Gasteiger partial charge >= 0.3 is 6.18 Å². The molecule has 2 rings (SSSR count). The number of hydrogen-bond acceptors (Lipinski definition) is 2. The van der Waals surface area contributed by atoms with E-state index in [1.165, 1.54) is 12.1 Å². The van der Waals surface area contributed by atoms with Gasteiger partial charge in [0.15, 0.2) is 0 Å². The van der Waals surface area contributed by atoms with E-state index in [4.69, 9.17) is 0 Å². The Kier molecular flexibility index (Phi) is 3.48. The van der Waals surface area contributed by atoms with Crippen LogP contribution in [0.1, 0.15) is 50.0 Å². The van der Waals surface area contributed by atoms with Crippen LogP contribution in [0.25, 0.3) is 0 Å². The fourth-order valence-electron chi connectivity index (χ4n) is 2.95. The molecule has 0 fully saturated rings. The number of carbonyl (C=O) groups is 1. The van der Waals surface area contributed by atoms with E-state index < -0.39 is 12.0 Å². The molecule has 1 aliphatic rings. The highest BCUT2D eigenvalue weighted by Gasteiger charge is 2.42. The fraction of sp³-hybridized carbons (Fsp3) is 0.533. The number of thioether (sulfide) groups is 1. The van der Waals surface area contributed by atoms with E-state index in [-0.39, 0.29) is 15.7 Å². The van der Waals surface area contributed by atoms with Crippen molar-refractivity contribution in [1.82, 2.24) is 0 Å². The third-order valence-corrected chi connectivity index (χ3v) is 4.76. The molecule has 0 N–H and O–H groups in total. The molecule has 0 unspecified atom stereocenters. The molecule has 0 aliphatic carbocycles. The first-order valence-corrected chi connectivity index (χ1v) is 7.19. The van der Waals surface area contributed by atoms with Crippen LogP contribution in [0, 0.1) is 0 Å². The van der Waals surface area contributed by atoms with E-state index in [9.17, 15) is 18.0 Å². The number of hydrogen-bond donors (Lipinski definition) is 0. The molecule has 0 aromatic heterocycles. The lowest BCUT2D eigenvalue weighted by Gasteiger charge is -2.41. The van der Waals surface area contributed by atoms with Crippen molar-refractivity contribution < 1.29 is 18.0 Å². The number of Topliss-reactive ketones (excluding diaryl/α,β-unsaturated/α-hetero) is 1. The topological polar surface area (TPSA) is 17.1 Å². The number of halogens is 3. The summed E-state index contributed by atoms with van der Waals surface area (Å²) in [6.45, 7) is 8.26. The van der Waals surface area contributed by atoms with Crippen molar-refractivity contribution in [3.05, 3.63) is 29.3 Å². The van der Waals surface area contributed by atoms with Gasteiger partial charge < -0.3 is 0 Å². The summed E-state index contributed by atoms with van der Waals surface area (Å²) in [5, 5.41) is 0. The van der Waals surface area contributed by atoms with Crippen molar-refractivity contribution in [3.8, 4) is 0 Å². The maximum Gasteiger partial charge on any atom is 0.454 e. The molecule has 0 saturated carbocycles. The van der Waals surface area contributed by atoms with Gasteiger partial charge in [-0.3, -0.25) is 4.79 Å². The first-order valence-electron chi connectivity index (χ1n) is 6.37. The van der Waals surface area contributed by atoms with Crippen molar-refractivity contribution in [2.45, 2.75) is 55.3 Å². The average Bonchev–Trinajstić information content (AvgIpc) is 2.23. The Morgan fingerprint density at radius 1 is 1.20 bits per heavy atom. The van der Waals surface area contributed by atoms with E-state index in [0.29, 0.717) is 0 Å². The minimum atomic E-state index is -4.82. The fourth-order valence-corrected chi connectivity index (χ4v) is 4.56. The Labute approximate surface area is 120 Å². The minimum Gasteiger partial charge on any atom is -0.284 e. The first kappa shape index (κ1) is 15.4. The zero-order valence-corrected chi connectivity index (χ0v) is 12.7. The van der Waals surface area contributed by atoms with Crippen LogP contribution in [0.15, 0.2) is 23.1 Å². The molecule has 0 amide bonds. The Hall–Kier alpha value is -0.970. The van der Waals surface area contributed by atoms with Crippen LogP contribution in [-0.4, -0.2) is 16.7 Å². The molecule has 1 nitrogen and oxygen atoms in total. The van der Waals surface area contributed by atoms with Crippen LogP contribution < -0.4 is 0 Å². The second kappa shape index (κ2) is 4.52. The zero-order chi connectivity index (χ0) is 15.3. The van der Waals surface area contributed by atoms with Gasteiger partial charge in [-0.25, -0.2) is 0 Å². The van der Waals surface area contributed by atoms with Gasteiger partial charge in [0.25, 0.3) is 5.78 Å². The van der Waals surface area contributed by atoms with Gasteiger partial charge in [0.05, 0.1) is 0 Å². The lowest BCUT2D eigenvalue weighted by molar-refractivity contribution is -0.0885. The molecule has 20 heavy (non-hydrogen) atoms. The smallest absolute Gasteiger partial charge is 0.284 e. The van der Waals surface area contributed by atoms with Crippen LogP contribution in [0.5, 0.6) is 0 Å². The Balaban J connectivity index is 2.50. The third-order valence-electron chi connectivity index (χ3n) is 3.48. The highest BCUT2D eigenvalue weighted by molar-refractivity contribution is 8.00. The number of carbonyl (C=O) groups excluding carboxylic acids is 1. The minimum absolute atomic E-state index is 0.0338. The van der Waals surface area contributed by atoms with E-state index in [1.807, 2.05) is 13.8 Å². The van der Waals surface area contributed by atoms with Crippen LogP contribution in [0.2, 0.25) is 0 Å². The Morgan fingerprint density at radius 3 is 2.35 bits per heavy atom. The summed E-state index contributed by atoms with van der Waals surface area (Å²) < 4.78 is 37.6. The highest BCUT2D eigenvalue weighted by Crippen LogP contribution is 2.51. The molecule has 0 atom stereocenters. The van der Waals surface area contributed by atoms with Crippen molar-refractivity contribution in [1.29, 1.82) is 0 Å². The van der Waals surface area contributed by atoms with Crippen molar-refractivity contribution in [2.75, 3.05) is 0 Å². The molecule has 1 aliphatic heterocycles. The van der Waals surface area contributed by atoms with E-state index >= 15 is 0 Å². The van der Waals surface area contributed by atoms with E-state index in [1.54, 1.807) is 17.8 Å². The summed E-state index contributed by atoms with van der Waals surface area (Å²) in [4.78, 5) is 12.3. The normalized spacial score (nSPS) is 20.4. The molecule has 0 spiro atoms. The van der Waals surface area contributed by atoms with E-state index in [0.717, 1.165) is 16.9 Å². The van der Waals surface area contributed by atoms with Gasteiger partial charge in [-0.15, -0.1) is 11.8 Å². The van der Waals surface area contributed by atoms with Gasteiger partial charge in [0.1, 0.15) is 0 Å². The maximum atomic E-state index is 12.5. The molecular weight excluding hydrogens is 285 g/mol. The standard InChI is InChI=1S/C15H17F3OS/c1-13(2)8-14(3,4)20-11-6-5-9(7-10(11)13)12(19)15(16,17)18/h5-7H,8H2,1-4H3. The monoisotopic (exact) mass is 302 g/mol. The third kappa shape index (κ3) is 2.87. The summed E-state index contributed by atoms with van der Waals surface area (Å²) in [5.74, 6) is -1.77. The van der Waals surface area contributed by atoms with Crippen molar-refractivity contribution in [3.63, 3.8) is 0 Å². The number of rotatable bonds is 1. The highest BCUT2D eigenvalue weighted by atomic mass is 32.2. The van der Waals surface area contributed by atoms with Crippen LogP contribution in [0.3, 0.4) is 0 Å². The van der Waals surface area contributed by atoms with Gasteiger partial charge in [-0.2, -0.15) is 13.2 Å². The SMILES string of the molecule is CC1(C)CC(C)(C)c2cc(C(=O)C(F)(F)F)ccc2S1. The second-order valence-electron chi connectivity index (χ2n) is 6.46. The summed E-state index contributed by atoms with van der Waals surface area (Å²) in [5.41, 5.74) is 0.313. The van der Waals surface area contributed by atoms with Crippen molar-refractivity contribution in [2.24, 2.45) is 0 Å². The Morgan fingerprint density at radius 2 is 1.80 bits per heavy atom. The molecule has 0 saturated heterocycles. The number of ketones is 1. The molecule has 1 aromatic rings. The lowest BCUT2D eigenvalue weighted by Crippen LogP contribution is -2.34. The van der Waals surface area contributed by atoms with E-state index in [2.05, 4.69) is 13.8 Å². The summed E-state index contributed by atoms with van der Waals surface area (Å²) in [6, 6.07) is 4.33. The molecule has 1 heterocycles. The van der Waals surface area contributed by atoms with Gasteiger partial charge in [-0.05, 0) is 35.6 Å². The number of alkyl halides is 3. The predicted molar refractivity (Wildman–Crippen MR) is 74.4 cm³/mol. The van der Waals surface area contributed by atoms with Gasteiger partial charge in [-0.1, -0.05) is 27.7 Å². The Bertz CT molecular complexity index is 559. The maximum absolute atomic E-state index is 12.5. The van der Waals surface area contributed by atoms with Crippen LogP contribution in [0.4, 0.5) is 13.2 Å². The summed E-state index contributed by atoms with van der Waals surface area (Å²) in [7, 11) is 0. The second-order valence-corrected chi connectivity index (χ2v) is 8.21. The van der Waals surface area contributed by atoms with Crippen LogP contribution in [-0.2, 0) is 5.41 Å². The van der Waals surface area contributed by atoms with Gasteiger partial charge in [0.2, 0.25) is 0 Å². The van der Waals surface area contributed by atoms with Crippen LogP contribution >= 0.6 is 11.8 Å².